The van der Waals surface area contributed by atoms with Crippen LogP contribution in [0, 0.1) is 5.92 Å². The van der Waals surface area contributed by atoms with Gasteiger partial charge in [-0.2, -0.15) is 0 Å². The SMILES string of the molecule is NC(=O)n1cc(NC(=O)N2[C@@H]3CC3C[C@H]2C(=O)NCc2cccc(Cl)c2)c2ccccc21. The van der Waals surface area contributed by atoms with Crippen LogP contribution in [0.1, 0.15) is 18.4 Å². The van der Waals surface area contributed by atoms with Crippen molar-refractivity contribution >= 4 is 46.2 Å². The Morgan fingerprint density at radius 2 is 1.91 bits per heavy atom. The zero-order valence-corrected chi connectivity index (χ0v) is 17.9. The molecule has 1 unspecified atom stereocenters. The number of rotatable bonds is 4. The number of primary amides is 1. The lowest BCUT2D eigenvalue weighted by Gasteiger charge is -2.27. The summed E-state index contributed by atoms with van der Waals surface area (Å²) in [7, 11) is 0. The minimum absolute atomic E-state index is 0.0569. The van der Waals surface area contributed by atoms with E-state index < -0.39 is 12.1 Å². The zero-order chi connectivity index (χ0) is 22.4. The molecule has 8 nitrogen and oxygen atoms in total. The molecule has 3 aromatic rings. The van der Waals surface area contributed by atoms with E-state index in [-0.39, 0.29) is 18.0 Å². The molecule has 0 radical (unpaired) electrons. The summed E-state index contributed by atoms with van der Waals surface area (Å²) in [6.07, 6.45) is 3.05. The number of hydrogen-bond donors (Lipinski definition) is 3. The van der Waals surface area contributed by atoms with Gasteiger partial charge in [-0.1, -0.05) is 41.9 Å². The molecule has 164 valence electrons. The van der Waals surface area contributed by atoms with E-state index in [9.17, 15) is 14.4 Å². The number of amides is 4. The molecule has 4 N–H and O–H groups in total. The van der Waals surface area contributed by atoms with E-state index in [1.54, 1.807) is 29.2 Å². The molecule has 2 heterocycles. The van der Waals surface area contributed by atoms with Gasteiger partial charge in [0.2, 0.25) is 5.91 Å². The molecule has 2 aliphatic rings. The molecule has 5 rings (SSSR count). The Labute approximate surface area is 189 Å². The molecule has 1 aliphatic heterocycles. The maximum atomic E-state index is 13.2. The topological polar surface area (TPSA) is 109 Å². The summed E-state index contributed by atoms with van der Waals surface area (Å²) in [6.45, 7) is 0.340. The summed E-state index contributed by atoms with van der Waals surface area (Å²) in [5.41, 5.74) is 7.45. The molecular formula is C23H22ClN5O3. The number of nitrogens with two attached hydrogens (primary N) is 1. The second kappa shape index (κ2) is 7.87. The molecular weight excluding hydrogens is 430 g/mol. The van der Waals surface area contributed by atoms with Crippen LogP contribution in [0.15, 0.2) is 54.7 Å². The summed E-state index contributed by atoms with van der Waals surface area (Å²) in [5.74, 6) is 0.154. The van der Waals surface area contributed by atoms with Gasteiger partial charge in [-0.3, -0.25) is 9.36 Å². The fourth-order valence-corrected chi connectivity index (χ4v) is 4.79. The summed E-state index contributed by atoms with van der Waals surface area (Å²) in [6, 6.07) is 13.0. The first-order valence-electron chi connectivity index (χ1n) is 10.4. The van der Waals surface area contributed by atoms with Gasteiger partial charge in [-0.15, -0.1) is 0 Å². The van der Waals surface area contributed by atoms with Crippen molar-refractivity contribution in [2.45, 2.75) is 31.5 Å². The van der Waals surface area contributed by atoms with Crippen LogP contribution in [0.3, 0.4) is 0 Å². The van der Waals surface area contributed by atoms with Gasteiger partial charge in [-0.25, -0.2) is 9.59 Å². The van der Waals surface area contributed by atoms with E-state index in [1.807, 2.05) is 24.3 Å². The molecule has 0 spiro atoms. The number of urea groups is 1. The number of halogens is 1. The Kier molecular flexibility index (Phi) is 5.01. The van der Waals surface area contributed by atoms with Crippen LogP contribution in [0.25, 0.3) is 10.9 Å². The number of para-hydroxylation sites is 1. The van der Waals surface area contributed by atoms with E-state index in [2.05, 4.69) is 10.6 Å². The average Bonchev–Trinajstić information content (AvgIpc) is 3.28. The number of aromatic nitrogens is 1. The van der Waals surface area contributed by atoms with Gasteiger partial charge in [0, 0.05) is 29.2 Å². The molecule has 1 saturated heterocycles. The van der Waals surface area contributed by atoms with Crippen molar-refractivity contribution in [3.63, 3.8) is 0 Å². The van der Waals surface area contributed by atoms with Crippen molar-refractivity contribution < 1.29 is 14.4 Å². The van der Waals surface area contributed by atoms with Crippen molar-refractivity contribution in [3.05, 3.63) is 65.3 Å². The van der Waals surface area contributed by atoms with Crippen molar-refractivity contribution in [2.75, 3.05) is 5.32 Å². The van der Waals surface area contributed by atoms with E-state index in [0.717, 1.165) is 12.0 Å². The lowest BCUT2D eigenvalue weighted by molar-refractivity contribution is -0.125. The molecule has 32 heavy (non-hydrogen) atoms. The van der Waals surface area contributed by atoms with Crippen LogP contribution in [0.5, 0.6) is 0 Å². The largest absolute Gasteiger partial charge is 0.351 e. The van der Waals surface area contributed by atoms with Gasteiger partial charge in [0.25, 0.3) is 0 Å². The molecule has 2 fully saturated rings. The number of nitrogens with zero attached hydrogens (tertiary/aromatic N) is 2. The van der Waals surface area contributed by atoms with E-state index in [4.69, 9.17) is 17.3 Å². The zero-order valence-electron chi connectivity index (χ0n) is 17.1. The minimum atomic E-state index is -0.636. The number of fused-ring (bicyclic) bond motifs is 2. The number of carbonyl (C=O) groups is 3. The second-order valence-corrected chi connectivity index (χ2v) is 8.70. The van der Waals surface area contributed by atoms with Crippen molar-refractivity contribution in [1.82, 2.24) is 14.8 Å². The van der Waals surface area contributed by atoms with E-state index >= 15 is 0 Å². The Bertz CT molecular complexity index is 1240. The average molecular weight is 452 g/mol. The molecule has 1 aliphatic carbocycles. The number of nitrogens with one attached hydrogen (secondary N) is 2. The van der Waals surface area contributed by atoms with Crippen LogP contribution in [-0.2, 0) is 11.3 Å². The monoisotopic (exact) mass is 451 g/mol. The molecule has 2 aromatic carbocycles. The van der Waals surface area contributed by atoms with E-state index in [1.165, 1.54) is 10.8 Å². The van der Waals surface area contributed by atoms with E-state index in [0.29, 0.717) is 40.5 Å². The van der Waals surface area contributed by atoms with Crippen LogP contribution in [0.2, 0.25) is 5.02 Å². The fourth-order valence-electron chi connectivity index (χ4n) is 4.58. The minimum Gasteiger partial charge on any atom is -0.351 e. The predicted octanol–water partition coefficient (Wildman–Crippen LogP) is 3.53. The Morgan fingerprint density at radius 3 is 2.69 bits per heavy atom. The predicted molar refractivity (Wildman–Crippen MR) is 121 cm³/mol. The van der Waals surface area contributed by atoms with Crippen LogP contribution < -0.4 is 16.4 Å². The first-order chi connectivity index (χ1) is 15.4. The van der Waals surface area contributed by atoms with Gasteiger partial charge in [-0.05, 0) is 42.5 Å². The number of hydrogen-bond acceptors (Lipinski definition) is 3. The summed E-state index contributed by atoms with van der Waals surface area (Å²) >= 11 is 6.01. The Morgan fingerprint density at radius 1 is 1.09 bits per heavy atom. The quantitative estimate of drug-likeness (QED) is 0.564. The van der Waals surface area contributed by atoms with Crippen LogP contribution >= 0.6 is 11.6 Å². The normalized spacial score (nSPS) is 21.3. The molecule has 4 amide bonds. The van der Waals surface area contributed by atoms with Crippen molar-refractivity contribution in [2.24, 2.45) is 11.7 Å². The third kappa shape index (κ3) is 3.67. The summed E-state index contributed by atoms with van der Waals surface area (Å²) in [5, 5.41) is 7.12. The molecule has 1 saturated carbocycles. The highest BCUT2D eigenvalue weighted by Gasteiger charge is 2.56. The number of piperidine rings is 1. The number of likely N-dealkylation sites (tertiary alicyclic amines) is 1. The number of carbonyl (C=O) groups excluding carboxylic acids is 3. The maximum Gasteiger partial charge on any atom is 0.323 e. The van der Waals surface area contributed by atoms with Gasteiger partial charge >= 0.3 is 12.1 Å². The molecule has 9 heteroatoms. The van der Waals surface area contributed by atoms with Gasteiger partial charge < -0.3 is 21.3 Å². The van der Waals surface area contributed by atoms with Gasteiger partial charge in [0.15, 0.2) is 0 Å². The third-order valence-electron chi connectivity index (χ3n) is 6.19. The maximum absolute atomic E-state index is 13.2. The standard InChI is InChI=1S/C23H22ClN5O3/c24-15-5-3-4-13(8-15)11-26-21(30)20-10-14-9-19(14)29(20)23(32)27-17-12-28(22(25)31)18-7-2-1-6-16(17)18/h1-8,12,14,19-20H,9-11H2,(H2,25,31)(H,26,30)(H,27,32)/t14?,19-,20+/m1/s1. The van der Waals surface area contributed by atoms with Gasteiger partial charge in [0.1, 0.15) is 6.04 Å². The van der Waals surface area contributed by atoms with Crippen molar-refractivity contribution in [3.8, 4) is 0 Å². The smallest absolute Gasteiger partial charge is 0.323 e. The lowest BCUT2D eigenvalue weighted by Crippen LogP contribution is -2.49. The molecule has 0 bridgehead atoms. The molecule has 1 aromatic heterocycles. The third-order valence-corrected chi connectivity index (χ3v) is 6.42. The lowest BCUT2D eigenvalue weighted by atomic mass is 10.1. The second-order valence-electron chi connectivity index (χ2n) is 8.27. The highest BCUT2D eigenvalue weighted by atomic mass is 35.5. The Hall–Kier alpha value is -3.52. The first-order valence-corrected chi connectivity index (χ1v) is 10.8. The van der Waals surface area contributed by atoms with Gasteiger partial charge in [0.05, 0.1) is 11.2 Å². The summed E-state index contributed by atoms with van der Waals surface area (Å²) in [4.78, 5) is 39.5. The highest BCUT2D eigenvalue weighted by Crippen LogP contribution is 2.48. The first kappa shape index (κ1) is 20.4. The number of anilines is 1. The molecule has 3 atom stereocenters. The van der Waals surface area contributed by atoms with Crippen LogP contribution in [-0.4, -0.2) is 39.5 Å². The Balaban J connectivity index is 1.32. The highest BCUT2D eigenvalue weighted by molar-refractivity contribution is 6.30. The van der Waals surface area contributed by atoms with Crippen LogP contribution in [0.4, 0.5) is 15.3 Å². The number of benzene rings is 2. The fraction of sp³-hybridized carbons (Fsp3) is 0.261. The summed E-state index contributed by atoms with van der Waals surface area (Å²) < 4.78 is 1.30. The van der Waals surface area contributed by atoms with Crippen molar-refractivity contribution in [1.29, 1.82) is 0 Å².